The molecule has 0 spiro atoms. The summed E-state index contributed by atoms with van der Waals surface area (Å²) < 4.78 is 6.91. The number of fused-ring (bicyclic) bond motifs is 1. The van der Waals surface area contributed by atoms with E-state index in [1.165, 1.54) is 0 Å². The van der Waals surface area contributed by atoms with Gasteiger partial charge >= 0.3 is 5.97 Å². The van der Waals surface area contributed by atoms with Gasteiger partial charge in [0.25, 0.3) is 0 Å². The van der Waals surface area contributed by atoms with Crippen molar-refractivity contribution in [2.24, 2.45) is 0 Å². The molecule has 0 bridgehead atoms. The Labute approximate surface area is 208 Å². The molecule has 36 heavy (non-hydrogen) atoms. The van der Waals surface area contributed by atoms with Crippen molar-refractivity contribution in [1.29, 1.82) is 0 Å². The molecular formula is C27H27N7O2. The molecule has 0 saturated carbocycles. The van der Waals surface area contributed by atoms with Crippen molar-refractivity contribution >= 4 is 11.6 Å². The van der Waals surface area contributed by atoms with Gasteiger partial charge in [0.15, 0.2) is 11.3 Å². The van der Waals surface area contributed by atoms with Gasteiger partial charge in [-0.3, -0.25) is 0 Å². The topological polar surface area (TPSA) is 111 Å². The van der Waals surface area contributed by atoms with Crippen LogP contribution in [0.5, 0.6) is 0 Å². The summed E-state index contributed by atoms with van der Waals surface area (Å²) in [5, 5.41) is 19.3. The van der Waals surface area contributed by atoms with Crippen LogP contribution in [0.15, 0.2) is 54.6 Å². The van der Waals surface area contributed by atoms with Gasteiger partial charge in [0.1, 0.15) is 0 Å². The first-order chi connectivity index (χ1) is 17.6. The third-order valence-corrected chi connectivity index (χ3v) is 6.03. The lowest BCUT2D eigenvalue weighted by atomic mass is 9.96. The molecule has 0 amide bonds. The van der Waals surface area contributed by atoms with Crippen molar-refractivity contribution in [3.05, 3.63) is 82.8 Å². The SMILES string of the molecule is CCCc1nn2c(C(=O)OCC)cc(C)nc2c1Cc1ccc(-c2ccccc2-c2nn[nH]n2)cc1. The summed E-state index contributed by atoms with van der Waals surface area (Å²) in [6.07, 6.45) is 2.40. The summed E-state index contributed by atoms with van der Waals surface area (Å²) in [5.74, 6) is 0.166. The Morgan fingerprint density at radius 1 is 1.06 bits per heavy atom. The second-order valence-corrected chi connectivity index (χ2v) is 8.57. The van der Waals surface area contributed by atoms with Gasteiger partial charge in [-0.15, -0.1) is 10.2 Å². The lowest BCUT2D eigenvalue weighted by Crippen LogP contribution is -2.12. The molecule has 9 heteroatoms. The number of hydrogen-bond donors (Lipinski definition) is 1. The van der Waals surface area contributed by atoms with E-state index in [0.29, 0.717) is 30.2 Å². The van der Waals surface area contributed by atoms with Gasteiger partial charge < -0.3 is 4.74 Å². The Bertz CT molecular complexity index is 1510. The number of aryl methyl sites for hydroxylation is 2. The van der Waals surface area contributed by atoms with Gasteiger partial charge in [-0.1, -0.05) is 61.9 Å². The normalized spacial score (nSPS) is 11.2. The van der Waals surface area contributed by atoms with Crippen molar-refractivity contribution in [1.82, 2.24) is 35.2 Å². The van der Waals surface area contributed by atoms with Crippen molar-refractivity contribution in [2.45, 2.75) is 40.0 Å². The average Bonchev–Trinajstić information content (AvgIpc) is 3.54. The van der Waals surface area contributed by atoms with Crippen LogP contribution in [-0.4, -0.2) is 47.8 Å². The van der Waals surface area contributed by atoms with E-state index in [-0.39, 0.29) is 0 Å². The first kappa shape index (κ1) is 23.3. The Morgan fingerprint density at radius 3 is 2.53 bits per heavy atom. The zero-order valence-corrected chi connectivity index (χ0v) is 20.5. The maximum atomic E-state index is 12.6. The third-order valence-electron chi connectivity index (χ3n) is 6.03. The van der Waals surface area contributed by atoms with Crippen LogP contribution in [0.3, 0.4) is 0 Å². The van der Waals surface area contributed by atoms with E-state index in [2.05, 4.69) is 57.9 Å². The zero-order valence-electron chi connectivity index (χ0n) is 20.5. The highest BCUT2D eigenvalue weighted by Gasteiger charge is 2.21. The molecule has 0 unspecified atom stereocenters. The maximum Gasteiger partial charge on any atom is 0.357 e. The summed E-state index contributed by atoms with van der Waals surface area (Å²) >= 11 is 0. The van der Waals surface area contributed by atoms with Gasteiger partial charge in [-0.2, -0.15) is 10.3 Å². The number of ether oxygens (including phenoxy) is 1. The smallest absolute Gasteiger partial charge is 0.357 e. The van der Waals surface area contributed by atoms with Gasteiger partial charge in [0, 0.05) is 23.2 Å². The fourth-order valence-electron chi connectivity index (χ4n) is 4.41. The molecule has 0 aliphatic carbocycles. The molecule has 0 aliphatic heterocycles. The van der Waals surface area contributed by atoms with Crippen LogP contribution in [0.1, 0.15) is 53.3 Å². The van der Waals surface area contributed by atoms with Gasteiger partial charge in [0.2, 0.25) is 5.82 Å². The largest absolute Gasteiger partial charge is 0.461 e. The molecule has 182 valence electrons. The standard InChI is InChI=1S/C27H27N7O2/c1-4-8-23-22(26-28-17(3)15-24(34(26)31-23)27(35)36-5-2)16-18-11-13-19(14-12-18)20-9-6-7-10-21(20)25-29-32-33-30-25/h6-7,9-15H,4-5,8,16H2,1-3H3,(H,29,30,32,33). The van der Waals surface area contributed by atoms with Crippen LogP contribution in [0.2, 0.25) is 0 Å². The Balaban J connectivity index is 1.52. The number of esters is 1. The fourth-order valence-corrected chi connectivity index (χ4v) is 4.41. The predicted octanol–water partition coefficient (Wildman–Crippen LogP) is 4.60. The highest BCUT2D eigenvalue weighted by atomic mass is 16.5. The number of carbonyl (C=O) groups is 1. The van der Waals surface area contributed by atoms with Crippen molar-refractivity contribution < 1.29 is 9.53 Å². The van der Waals surface area contributed by atoms with Crippen LogP contribution in [0.25, 0.3) is 28.2 Å². The van der Waals surface area contributed by atoms with Crippen LogP contribution < -0.4 is 0 Å². The lowest BCUT2D eigenvalue weighted by Gasteiger charge is -2.09. The molecule has 0 fully saturated rings. The number of nitrogens with one attached hydrogen (secondary N) is 1. The van der Waals surface area contributed by atoms with E-state index < -0.39 is 5.97 Å². The predicted molar refractivity (Wildman–Crippen MR) is 136 cm³/mol. The molecule has 3 heterocycles. The highest BCUT2D eigenvalue weighted by Crippen LogP contribution is 2.30. The van der Waals surface area contributed by atoms with Crippen LogP contribution >= 0.6 is 0 Å². The van der Waals surface area contributed by atoms with E-state index in [1.54, 1.807) is 17.5 Å². The van der Waals surface area contributed by atoms with Crippen LogP contribution in [0.4, 0.5) is 0 Å². The van der Waals surface area contributed by atoms with Crippen molar-refractivity contribution in [3.8, 4) is 22.5 Å². The minimum Gasteiger partial charge on any atom is -0.461 e. The third kappa shape index (κ3) is 4.47. The number of aromatic amines is 1. The molecule has 0 atom stereocenters. The molecule has 3 aromatic heterocycles. The molecule has 5 aromatic rings. The Hall–Kier alpha value is -4.40. The summed E-state index contributed by atoms with van der Waals surface area (Å²) in [6.45, 7) is 6.11. The van der Waals surface area contributed by atoms with E-state index in [9.17, 15) is 4.79 Å². The fraction of sp³-hybridized carbons (Fsp3) is 0.259. The quantitative estimate of drug-likeness (QED) is 0.322. The first-order valence-electron chi connectivity index (χ1n) is 12.1. The number of benzene rings is 2. The summed E-state index contributed by atoms with van der Waals surface area (Å²) in [4.78, 5) is 17.4. The molecular weight excluding hydrogens is 454 g/mol. The minimum absolute atomic E-state index is 0.305. The molecule has 0 saturated heterocycles. The molecule has 2 aromatic carbocycles. The molecule has 0 aliphatic rings. The lowest BCUT2D eigenvalue weighted by molar-refractivity contribution is 0.0515. The number of aromatic nitrogens is 7. The average molecular weight is 482 g/mol. The van der Waals surface area contributed by atoms with E-state index in [4.69, 9.17) is 14.8 Å². The first-order valence-corrected chi connectivity index (χ1v) is 12.1. The van der Waals surface area contributed by atoms with E-state index in [1.807, 2.05) is 25.1 Å². The molecule has 9 nitrogen and oxygen atoms in total. The van der Waals surface area contributed by atoms with Crippen LogP contribution in [-0.2, 0) is 17.6 Å². The maximum absolute atomic E-state index is 12.6. The minimum atomic E-state index is -0.394. The number of hydrogen-bond acceptors (Lipinski definition) is 7. The van der Waals surface area contributed by atoms with Crippen molar-refractivity contribution in [2.75, 3.05) is 6.61 Å². The number of H-pyrrole nitrogens is 1. The van der Waals surface area contributed by atoms with Gasteiger partial charge in [-0.05, 0) is 48.2 Å². The summed E-state index contributed by atoms with van der Waals surface area (Å²) in [7, 11) is 0. The van der Waals surface area contributed by atoms with Gasteiger partial charge in [-0.25, -0.2) is 14.3 Å². The van der Waals surface area contributed by atoms with Gasteiger partial charge in [0.05, 0.1) is 12.3 Å². The second-order valence-electron chi connectivity index (χ2n) is 8.57. The number of nitrogens with zero attached hydrogens (tertiary/aromatic N) is 6. The summed E-state index contributed by atoms with van der Waals surface area (Å²) in [5.41, 5.74) is 7.98. The number of rotatable bonds is 8. The van der Waals surface area contributed by atoms with E-state index >= 15 is 0 Å². The molecule has 1 N–H and O–H groups in total. The summed E-state index contributed by atoms with van der Waals surface area (Å²) in [6, 6.07) is 18.2. The Morgan fingerprint density at radius 2 is 1.83 bits per heavy atom. The van der Waals surface area contributed by atoms with E-state index in [0.717, 1.165) is 52.0 Å². The van der Waals surface area contributed by atoms with Crippen molar-refractivity contribution in [3.63, 3.8) is 0 Å². The number of tetrazole rings is 1. The highest BCUT2D eigenvalue weighted by molar-refractivity contribution is 5.88. The van der Waals surface area contributed by atoms with Crippen LogP contribution in [0, 0.1) is 6.92 Å². The monoisotopic (exact) mass is 481 g/mol. The Kier molecular flexibility index (Phi) is 6.53. The zero-order chi connectivity index (χ0) is 25.1. The molecule has 0 radical (unpaired) electrons. The number of carbonyl (C=O) groups excluding carboxylic acids is 1. The molecule has 5 rings (SSSR count). The second kappa shape index (κ2) is 10.1.